The third-order valence-electron chi connectivity index (χ3n) is 1.24. The summed E-state index contributed by atoms with van der Waals surface area (Å²) >= 11 is 0. The largest absolute Gasteiger partial charge is 0.623 e. The highest BCUT2D eigenvalue weighted by atomic mass is 16.5. The molecule has 0 saturated carbocycles. The van der Waals surface area contributed by atoms with E-state index in [4.69, 9.17) is 5.11 Å². The molecule has 0 bridgehead atoms. The van der Waals surface area contributed by atoms with Gasteiger partial charge >= 0.3 is 0 Å². The van der Waals surface area contributed by atoms with Crippen molar-refractivity contribution in [1.29, 1.82) is 0 Å². The van der Waals surface area contributed by atoms with Gasteiger partial charge in [-0.2, -0.15) is 0 Å². The third-order valence-corrected chi connectivity index (χ3v) is 1.24. The van der Waals surface area contributed by atoms with Crippen LogP contribution in [0.4, 0.5) is 0 Å². The molecule has 3 nitrogen and oxygen atoms in total. The van der Waals surface area contributed by atoms with Crippen LogP contribution in [0.25, 0.3) is 0 Å². The predicted molar refractivity (Wildman–Crippen MR) is 33.9 cm³/mol. The second kappa shape index (κ2) is 2.31. The van der Waals surface area contributed by atoms with Crippen LogP contribution < -0.4 is 0 Å². The van der Waals surface area contributed by atoms with E-state index < -0.39 is 4.65 Å². The summed E-state index contributed by atoms with van der Waals surface area (Å²) in [6.07, 6.45) is 6.36. The van der Waals surface area contributed by atoms with Crippen molar-refractivity contribution < 1.29 is 9.75 Å². The van der Waals surface area contributed by atoms with Gasteiger partial charge in [-0.15, -0.1) is 0 Å². The maximum atomic E-state index is 11.1. The minimum absolute atomic E-state index is 0.0713. The van der Waals surface area contributed by atoms with E-state index in [-0.39, 0.29) is 13.2 Å². The molecule has 0 unspecified atom stereocenters. The van der Waals surface area contributed by atoms with Crippen LogP contribution >= 0.6 is 0 Å². The molecule has 9 heavy (non-hydrogen) atoms. The Morgan fingerprint density at radius 2 is 1.89 bits per heavy atom. The molecule has 0 radical (unpaired) electrons. The summed E-state index contributed by atoms with van der Waals surface area (Å²) in [6.45, 7) is 0.144. The first-order valence-electron chi connectivity index (χ1n) is 2.83. The Labute approximate surface area is 53.7 Å². The van der Waals surface area contributed by atoms with Gasteiger partial charge in [0, 0.05) is 0 Å². The first-order chi connectivity index (χ1) is 4.27. The van der Waals surface area contributed by atoms with Crippen LogP contribution in [-0.2, 0) is 0 Å². The molecular formula is C6H9NO2. The number of hydrogen-bond donors (Lipinski definition) is 1. The molecule has 0 spiro atoms. The lowest BCUT2D eigenvalue weighted by Crippen LogP contribution is -2.30. The summed E-state index contributed by atoms with van der Waals surface area (Å²) in [5.41, 5.74) is 0. The Morgan fingerprint density at radius 3 is 2.33 bits per heavy atom. The minimum Gasteiger partial charge on any atom is -0.623 e. The second-order valence-corrected chi connectivity index (χ2v) is 1.98. The van der Waals surface area contributed by atoms with Crippen molar-refractivity contribution in [2.75, 3.05) is 13.2 Å². The Kier molecular flexibility index (Phi) is 1.66. The monoisotopic (exact) mass is 127 g/mol. The Hall–Kier alpha value is -0.640. The van der Waals surface area contributed by atoms with E-state index in [2.05, 4.69) is 0 Å². The van der Waals surface area contributed by atoms with Crippen LogP contribution in [-0.4, -0.2) is 22.9 Å². The molecule has 0 aromatic heterocycles. The van der Waals surface area contributed by atoms with Crippen molar-refractivity contribution in [2.45, 2.75) is 0 Å². The van der Waals surface area contributed by atoms with E-state index in [9.17, 15) is 5.21 Å². The van der Waals surface area contributed by atoms with Crippen molar-refractivity contribution in [3.8, 4) is 0 Å². The van der Waals surface area contributed by atoms with Crippen LogP contribution in [0.15, 0.2) is 24.6 Å². The highest BCUT2D eigenvalue weighted by Gasteiger charge is 2.10. The zero-order chi connectivity index (χ0) is 6.74. The van der Waals surface area contributed by atoms with Gasteiger partial charge in [0.2, 0.25) is 0 Å². The van der Waals surface area contributed by atoms with Gasteiger partial charge in [-0.25, -0.2) is 0 Å². The van der Waals surface area contributed by atoms with E-state index in [1.54, 1.807) is 12.2 Å². The first-order valence-corrected chi connectivity index (χ1v) is 2.83. The second-order valence-electron chi connectivity index (χ2n) is 1.98. The van der Waals surface area contributed by atoms with Crippen molar-refractivity contribution in [3.05, 3.63) is 29.8 Å². The van der Waals surface area contributed by atoms with Crippen molar-refractivity contribution in [2.24, 2.45) is 0 Å². The maximum Gasteiger partial charge on any atom is 0.110 e. The molecule has 1 N–H and O–H groups in total. The average Bonchev–Trinajstić information content (AvgIpc) is 2.16. The quantitative estimate of drug-likeness (QED) is 0.429. The van der Waals surface area contributed by atoms with Crippen LogP contribution in [0.2, 0.25) is 0 Å². The summed E-state index contributed by atoms with van der Waals surface area (Å²) in [5, 5.41) is 19.5. The predicted octanol–water partition coefficient (Wildman–Crippen LogP) is 0.334. The summed E-state index contributed by atoms with van der Waals surface area (Å²) in [7, 11) is 0. The normalized spacial score (nSPS) is 21.1. The van der Waals surface area contributed by atoms with Crippen LogP contribution in [0.3, 0.4) is 0 Å². The number of allylic oxidation sites excluding steroid dienone is 2. The molecule has 0 aliphatic carbocycles. The molecule has 1 rings (SSSR count). The number of hydrogen-bond acceptors (Lipinski definition) is 2. The number of quaternary nitrogens is 1. The highest BCUT2D eigenvalue weighted by molar-refractivity contribution is 5.03. The molecular weight excluding hydrogens is 118 g/mol. The summed E-state index contributed by atoms with van der Waals surface area (Å²) in [5.74, 6) is 0. The number of aliphatic hydroxyl groups is 1. The molecule has 0 saturated heterocycles. The summed E-state index contributed by atoms with van der Waals surface area (Å²) in [6, 6.07) is 0. The molecule has 50 valence electrons. The minimum atomic E-state index is -0.517. The van der Waals surface area contributed by atoms with E-state index in [1.165, 1.54) is 12.4 Å². The molecule has 1 aliphatic heterocycles. The van der Waals surface area contributed by atoms with Gasteiger partial charge in [0.1, 0.15) is 18.9 Å². The highest BCUT2D eigenvalue weighted by Crippen LogP contribution is 2.11. The first kappa shape index (κ1) is 6.48. The lowest BCUT2D eigenvalue weighted by Gasteiger charge is -2.31. The van der Waals surface area contributed by atoms with Crippen molar-refractivity contribution in [1.82, 2.24) is 0 Å². The topological polar surface area (TPSA) is 43.3 Å². The molecule has 0 amide bonds. The smallest absolute Gasteiger partial charge is 0.110 e. The molecule has 0 aromatic rings. The molecule has 1 heterocycles. The summed E-state index contributed by atoms with van der Waals surface area (Å²) in [4.78, 5) is 0. The van der Waals surface area contributed by atoms with Gasteiger partial charge in [0.15, 0.2) is 0 Å². The molecule has 0 fully saturated rings. The van der Waals surface area contributed by atoms with Gasteiger partial charge in [-0.3, -0.25) is 0 Å². The third kappa shape index (κ3) is 1.38. The number of hydroxylamine groups is 3. The Bertz CT molecular complexity index is 139. The fourth-order valence-corrected chi connectivity index (χ4v) is 0.746. The van der Waals surface area contributed by atoms with E-state index in [0.717, 1.165) is 0 Å². The fourth-order valence-electron chi connectivity index (χ4n) is 0.746. The van der Waals surface area contributed by atoms with Gasteiger partial charge in [0.05, 0.1) is 6.61 Å². The van der Waals surface area contributed by atoms with Gasteiger partial charge in [-0.1, -0.05) is 0 Å². The van der Waals surface area contributed by atoms with E-state index in [1.807, 2.05) is 0 Å². The SMILES string of the molecule is [O-][N+]1(CCO)C=CC=C1. The molecule has 3 heteroatoms. The Morgan fingerprint density at radius 1 is 1.33 bits per heavy atom. The lowest BCUT2D eigenvalue weighted by atomic mass is 10.6. The van der Waals surface area contributed by atoms with Crippen LogP contribution in [0.1, 0.15) is 0 Å². The summed E-state index contributed by atoms with van der Waals surface area (Å²) < 4.78 is -0.517. The lowest BCUT2D eigenvalue weighted by molar-refractivity contribution is -0.772. The van der Waals surface area contributed by atoms with Gasteiger partial charge in [0.25, 0.3) is 0 Å². The fraction of sp³-hybridized carbons (Fsp3) is 0.333. The van der Waals surface area contributed by atoms with Crippen LogP contribution in [0, 0.1) is 5.21 Å². The van der Waals surface area contributed by atoms with E-state index in [0.29, 0.717) is 0 Å². The number of nitrogens with zero attached hydrogens (tertiary/aromatic N) is 1. The number of rotatable bonds is 2. The standard InChI is InChI=1S/C6H9NO2/c8-6-5-7(9)3-1-2-4-7/h1-4,8H,5-6H2. The average molecular weight is 127 g/mol. The van der Waals surface area contributed by atoms with Crippen molar-refractivity contribution >= 4 is 0 Å². The zero-order valence-electron chi connectivity index (χ0n) is 5.03. The van der Waals surface area contributed by atoms with Crippen molar-refractivity contribution in [3.63, 3.8) is 0 Å². The molecule has 0 aromatic carbocycles. The van der Waals surface area contributed by atoms with E-state index >= 15 is 0 Å². The van der Waals surface area contributed by atoms with Crippen LogP contribution in [0.5, 0.6) is 0 Å². The van der Waals surface area contributed by atoms with Gasteiger partial charge in [-0.05, 0) is 12.2 Å². The molecule has 0 atom stereocenters. The maximum absolute atomic E-state index is 11.1. The number of aliphatic hydroxyl groups excluding tert-OH is 1. The molecule has 1 aliphatic rings. The Balaban J connectivity index is 2.53. The van der Waals surface area contributed by atoms with Gasteiger partial charge < -0.3 is 15.0 Å². The zero-order valence-corrected chi connectivity index (χ0v) is 5.03.